The Balaban J connectivity index is 1.94. The molecule has 0 saturated carbocycles. The minimum atomic E-state index is -1.02. The molecular weight excluding hydrogens is 278 g/mol. The van der Waals surface area contributed by atoms with Crippen LogP contribution in [0.15, 0.2) is 40.3 Å². The Morgan fingerprint density at radius 2 is 2.00 bits per heavy atom. The molecule has 0 radical (unpaired) electrons. The summed E-state index contributed by atoms with van der Waals surface area (Å²) < 4.78 is 0. The quantitative estimate of drug-likeness (QED) is 0.584. The van der Waals surface area contributed by atoms with Crippen molar-refractivity contribution in [1.82, 2.24) is 15.3 Å². The van der Waals surface area contributed by atoms with Gasteiger partial charge in [0.15, 0.2) is 0 Å². The zero-order valence-corrected chi connectivity index (χ0v) is 10.9. The summed E-state index contributed by atoms with van der Waals surface area (Å²) in [5.41, 5.74) is 0.935. The second-order valence-corrected chi connectivity index (χ2v) is 5.70. The van der Waals surface area contributed by atoms with Crippen LogP contribution in [0.4, 0.5) is 16.3 Å². The van der Waals surface area contributed by atoms with E-state index in [1.807, 2.05) is 24.3 Å². The van der Waals surface area contributed by atoms with Crippen LogP contribution in [0.5, 0.6) is 0 Å². The lowest BCUT2D eigenvalue weighted by Crippen LogP contribution is -2.55. The highest BCUT2D eigenvalue weighted by Crippen LogP contribution is 2.50. The highest BCUT2D eigenvalue weighted by Gasteiger charge is 2.47. The second kappa shape index (κ2) is 3.76. The van der Waals surface area contributed by atoms with Crippen LogP contribution in [0.3, 0.4) is 0 Å². The van der Waals surface area contributed by atoms with Crippen molar-refractivity contribution in [1.29, 1.82) is 0 Å². The van der Waals surface area contributed by atoms with Crippen molar-refractivity contribution in [3.8, 4) is 0 Å². The van der Waals surface area contributed by atoms with Gasteiger partial charge in [-0.15, -0.1) is 0 Å². The summed E-state index contributed by atoms with van der Waals surface area (Å²) >= 11 is 1.38. The van der Waals surface area contributed by atoms with E-state index in [4.69, 9.17) is 0 Å². The number of carbonyl (C=O) groups excluding carboxylic acids is 1. The van der Waals surface area contributed by atoms with Crippen molar-refractivity contribution in [3.63, 3.8) is 0 Å². The molecule has 7 nitrogen and oxygen atoms in total. The third kappa shape index (κ3) is 1.45. The number of aromatic amines is 1. The minimum Gasteiger partial charge on any atom is -0.349 e. The van der Waals surface area contributed by atoms with Gasteiger partial charge in [-0.25, -0.2) is 9.78 Å². The number of nitrogens with zero attached hydrogens (tertiary/aromatic N) is 1. The van der Waals surface area contributed by atoms with Gasteiger partial charge >= 0.3 is 6.03 Å². The van der Waals surface area contributed by atoms with E-state index >= 15 is 0 Å². The number of hydrogen-bond acceptors (Lipinski definition) is 5. The van der Waals surface area contributed by atoms with Gasteiger partial charge in [0.1, 0.15) is 11.4 Å². The Labute approximate surface area is 117 Å². The number of aromatic nitrogens is 2. The van der Waals surface area contributed by atoms with Gasteiger partial charge in [-0.2, -0.15) is 0 Å². The molecule has 1 spiro atoms. The molecule has 0 bridgehead atoms. The lowest BCUT2D eigenvalue weighted by Gasteiger charge is -2.34. The number of urea groups is 1. The van der Waals surface area contributed by atoms with E-state index in [0.717, 1.165) is 10.6 Å². The summed E-state index contributed by atoms with van der Waals surface area (Å²) in [6.07, 6.45) is 1.27. The first kappa shape index (κ1) is 11.4. The summed E-state index contributed by atoms with van der Waals surface area (Å²) in [5.74, 6) is 0.269. The molecule has 2 aromatic rings. The zero-order valence-electron chi connectivity index (χ0n) is 10.1. The maximum Gasteiger partial charge on any atom is 0.323 e. The average Bonchev–Trinajstić information content (AvgIpc) is 2.75. The fourth-order valence-electron chi connectivity index (χ4n) is 2.39. The lowest BCUT2D eigenvalue weighted by atomic mass is 10.2. The number of nitrogens with one attached hydrogen (secondary N) is 4. The molecule has 2 aliphatic rings. The standard InChI is InChI=1S/C12H9N5O2S/c18-10-8-9(13-5-14-10)15-11(19)17-12(8)16-6-3-1-2-4-7(6)20-12/h1-5,16H,(H3,13,14,15,17,18,19). The SMILES string of the molecule is O=C1Nc2nc[nH]c(=O)c2C2(N1)Nc1ccccc1S2. The van der Waals surface area contributed by atoms with Gasteiger partial charge in [0.2, 0.25) is 4.99 Å². The molecule has 1 unspecified atom stereocenters. The highest BCUT2D eigenvalue weighted by molar-refractivity contribution is 8.00. The second-order valence-electron chi connectivity index (χ2n) is 4.44. The van der Waals surface area contributed by atoms with E-state index in [0.29, 0.717) is 5.56 Å². The maximum atomic E-state index is 12.1. The molecule has 4 rings (SSSR count). The number of fused-ring (bicyclic) bond motifs is 3. The Bertz CT molecular complexity index is 762. The first-order valence-electron chi connectivity index (χ1n) is 5.91. The van der Waals surface area contributed by atoms with E-state index < -0.39 is 11.0 Å². The van der Waals surface area contributed by atoms with Crippen LogP contribution in [0, 0.1) is 0 Å². The van der Waals surface area contributed by atoms with Crippen LogP contribution in [0.25, 0.3) is 0 Å². The van der Waals surface area contributed by atoms with Crippen molar-refractivity contribution in [2.24, 2.45) is 0 Å². The number of amides is 2. The van der Waals surface area contributed by atoms with E-state index in [2.05, 4.69) is 25.9 Å². The molecule has 0 fully saturated rings. The van der Waals surface area contributed by atoms with Gasteiger partial charge in [-0.05, 0) is 12.1 Å². The number of hydrogen-bond donors (Lipinski definition) is 4. The third-order valence-corrected chi connectivity index (χ3v) is 4.48. The fourth-order valence-corrected chi connectivity index (χ4v) is 3.69. The summed E-state index contributed by atoms with van der Waals surface area (Å²) in [6.45, 7) is 0. The smallest absolute Gasteiger partial charge is 0.323 e. The molecule has 2 aliphatic heterocycles. The maximum absolute atomic E-state index is 12.1. The molecule has 8 heteroatoms. The predicted octanol–water partition coefficient (Wildman–Crippen LogP) is 1.23. The van der Waals surface area contributed by atoms with Crippen LogP contribution in [-0.4, -0.2) is 16.0 Å². The molecule has 2 amide bonds. The van der Waals surface area contributed by atoms with Gasteiger partial charge < -0.3 is 15.6 Å². The van der Waals surface area contributed by atoms with Crippen LogP contribution < -0.4 is 21.5 Å². The third-order valence-electron chi connectivity index (χ3n) is 3.19. The van der Waals surface area contributed by atoms with Crippen molar-refractivity contribution in [2.45, 2.75) is 9.89 Å². The van der Waals surface area contributed by atoms with E-state index in [9.17, 15) is 9.59 Å². The summed E-state index contributed by atoms with van der Waals surface area (Å²) in [7, 11) is 0. The fraction of sp³-hybridized carbons (Fsp3) is 0.0833. The van der Waals surface area contributed by atoms with Gasteiger partial charge in [0, 0.05) is 4.90 Å². The number of carbonyl (C=O) groups is 1. The molecule has 3 heterocycles. The average molecular weight is 287 g/mol. The van der Waals surface area contributed by atoms with Gasteiger partial charge in [-0.3, -0.25) is 10.1 Å². The molecule has 1 aromatic heterocycles. The Kier molecular flexibility index (Phi) is 2.14. The monoisotopic (exact) mass is 287 g/mol. The van der Waals surface area contributed by atoms with Crippen molar-refractivity contribution < 1.29 is 4.79 Å². The van der Waals surface area contributed by atoms with Crippen LogP contribution in [-0.2, 0) is 4.99 Å². The molecule has 0 saturated heterocycles. The van der Waals surface area contributed by atoms with E-state index in [-0.39, 0.29) is 11.4 Å². The number of H-pyrrole nitrogens is 1. The molecule has 0 aliphatic carbocycles. The Hall–Kier alpha value is -2.48. The molecule has 4 N–H and O–H groups in total. The van der Waals surface area contributed by atoms with E-state index in [1.165, 1.54) is 18.1 Å². The van der Waals surface area contributed by atoms with Crippen molar-refractivity contribution in [2.75, 3.05) is 10.6 Å². The lowest BCUT2D eigenvalue weighted by molar-refractivity contribution is 0.246. The summed E-state index contributed by atoms with van der Waals surface area (Å²) in [6, 6.07) is 7.23. The number of rotatable bonds is 0. The van der Waals surface area contributed by atoms with Crippen LogP contribution in [0.2, 0.25) is 0 Å². The van der Waals surface area contributed by atoms with Crippen LogP contribution >= 0.6 is 11.8 Å². The van der Waals surface area contributed by atoms with Gasteiger partial charge in [0.25, 0.3) is 5.56 Å². The van der Waals surface area contributed by atoms with Gasteiger partial charge in [-0.1, -0.05) is 23.9 Å². The predicted molar refractivity (Wildman–Crippen MR) is 74.6 cm³/mol. The zero-order chi connectivity index (χ0) is 13.7. The number of thioether (sulfide) groups is 1. The molecular formula is C12H9N5O2S. The van der Waals surface area contributed by atoms with Crippen molar-refractivity contribution in [3.05, 3.63) is 46.5 Å². The number of para-hydroxylation sites is 1. The minimum absolute atomic E-state index is 0.269. The van der Waals surface area contributed by atoms with Gasteiger partial charge in [0.05, 0.1) is 12.0 Å². The topological polar surface area (TPSA) is 98.9 Å². The van der Waals surface area contributed by atoms with E-state index in [1.54, 1.807) is 0 Å². The summed E-state index contributed by atoms with van der Waals surface area (Å²) in [4.78, 5) is 30.5. The number of anilines is 2. The first-order chi connectivity index (χ1) is 9.68. The Morgan fingerprint density at radius 1 is 1.15 bits per heavy atom. The molecule has 1 aromatic carbocycles. The first-order valence-corrected chi connectivity index (χ1v) is 6.73. The summed E-state index contributed by atoms with van der Waals surface area (Å²) in [5, 5.41) is 8.53. The number of benzene rings is 1. The normalized spacial score (nSPS) is 22.5. The molecule has 1 atom stereocenters. The largest absolute Gasteiger partial charge is 0.349 e. The molecule has 100 valence electrons. The molecule has 20 heavy (non-hydrogen) atoms. The highest BCUT2D eigenvalue weighted by atomic mass is 32.2. The van der Waals surface area contributed by atoms with Crippen LogP contribution in [0.1, 0.15) is 5.56 Å². The van der Waals surface area contributed by atoms with Crippen molar-refractivity contribution >= 4 is 29.3 Å². The Morgan fingerprint density at radius 3 is 2.85 bits per heavy atom.